The Kier molecular flexibility index (Phi) is 3.22. The van der Waals surface area contributed by atoms with Crippen molar-refractivity contribution in [2.45, 2.75) is 25.8 Å². The summed E-state index contributed by atoms with van der Waals surface area (Å²) in [6.45, 7) is 2.15. The Morgan fingerprint density at radius 1 is 0.895 bits per heavy atom. The van der Waals surface area contributed by atoms with Crippen molar-refractivity contribution in [1.29, 1.82) is 0 Å². The van der Waals surface area contributed by atoms with Gasteiger partial charge in [0.25, 0.3) is 0 Å². The SMILES string of the molecule is CCC(N)Cc1cc2ccccc2c2ccccc12. The van der Waals surface area contributed by atoms with E-state index in [1.807, 2.05) is 0 Å². The summed E-state index contributed by atoms with van der Waals surface area (Å²) in [5.41, 5.74) is 7.50. The quantitative estimate of drug-likeness (QED) is 0.689. The summed E-state index contributed by atoms with van der Waals surface area (Å²) >= 11 is 0. The summed E-state index contributed by atoms with van der Waals surface area (Å²) in [5, 5.41) is 5.30. The van der Waals surface area contributed by atoms with Crippen LogP contribution in [-0.2, 0) is 6.42 Å². The average molecular weight is 249 g/mol. The molecule has 1 heteroatoms. The van der Waals surface area contributed by atoms with E-state index in [9.17, 15) is 0 Å². The number of benzene rings is 3. The second-order valence-electron chi connectivity index (χ2n) is 5.17. The molecule has 0 heterocycles. The second kappa shape index (κ2) is 5.02. The summed E-state index contributed by atoms with van der Waals surface area (Å²) in [5.74, 6) is 0. The van der Waals surface area contributed by atoms with Crippen molar-refractivity contribution < 1.29 is 0 Å². The third-order valence-corrected chi connectivity index (χ3v) is 3.86. The van der Waals surface area contributed by atoms with Gasteiger partial charge in [0.2, 0.25) is 0 Å². The summed E-state index contributed by atoms with van der Waals surface area (Å²) in [6.07, 6.45) is 1.96. The molecular weight excluding hydrogens is 230 g/mol. The van der Waals surface area contributed by atoms with Crippen molar-refractivity contribution in [3.63, 3.8) is 0 Å². The second-order valence-corrected chi connectivity index (χ2v) is 5.17. The van der Waals surface area contributed by atoms with E-state index >= 15 is 0 Å². The number of rotatable bonds is 3. The van der Waals surface area contributed by atoms with Gasteiger partial charge < -0.3 is 5.73 Å². The van der Waals surface area contributed by atoms with Crippen molar-refractivity contribution in [2.75, 3.05) is 0 Å². The predicted molar refractivity (Wildman–Crippen MR) is 83.4 cm³/mol. The molecular formula is C18H19N. The van der Waals surface area contributed by atoms with Crippen molar-refractivity contribution in [1.82, 2.24) is 0 Å². The van der Waals surface area contributed by atoms with Gasteiger partial charge in [-0.15, -0.1) is 0 Å². The zero-order chi connectivity index (χ0) is 13.2. The van der Waals surface area contributed by atoms with Crippen LogP contribution in [0.15, 0.2) is 54.6 Å². The molecule has 0 saturated carbocycles. The zero-order valence-electron chi connectivity index (χ0n) is 11.3. The molecule has 0 aromatic heterocycles. The van der Waals surface area contributed by atoms with Gasteiger partial charge in [0.1, 0.15) is 0 Å². The van der Waals surface area contributed by atoms with Crippen molar-refractivity contribution in [3.05, 3.63) is 60.2 Å². The first kappa shape index (κ1) is 12.2. The van der Waals surface area contributed by atoms with Crippen LogP contribution in [0, 0.1) is 0 Å². The van der Waals surface area contributed by atoms with Crippen molar-refractivity contribution in [2.24, 2.45) is 5.73 Å². The lowest BCUT2D eigenvalue weighted by molar-refractivity contribution is 0.649. The maximum Gasteiger partial charge on any atom is 0.00769 e. The van der Waals surface area contributed by atoms with Gasteiger partial charge in [0.15, 0.2) is 0 Å². The van der Waals surface area contributed by atoms with Crippen LogP contribution >= 0.6 is 0 Å². The molecule has 0 spiro atoms. The molecule has 0 aliphatic rings. The normalized spacial score (nSPS) is 12.9. The van der Waals surface area contributed by atoms with E-state index in [-0.39, 0.29) is 6.04 Å². The Labute approximate surface area is 114 Å². The van der Waals surface area contributed by atoms with E-state index < -0.39 is 0 Å². The van der Waals surface area contributed by atoms with Crippen LogP contribution in [0.4, 0.5) is 0 Å². The Morgan fingerprint density at radius 2 is 1.53 bits per heavy atom. The minimum atomic E-state index is 0.240. The highest BCUT2D eigenvalue weighted by Gasteiger charge is 2.08. The van der Waals surface area contributed by atoms with E-state index in [1.54, 1.807) is 0 Å². The molecule has 3 aromatic carbocycles. The molecule has 19 heavy (non-hydrogen) atoms. The van der Waals surface area contributed by atoms with Gasteiger partial charge in [-0.05, 0) is 39.9 Å². The lowest BCUT2D eigenvalue weighted by Crippen LogP contribution is -2.21. The maximum atomic E-state index is 6.14. The lowest BCUT2D eigenvalue weighted by Gasteiger charge is -2.13. The van der Waals surface area contributed by atoms with Gasteiger partial charge in [-0.25, -0.2) is 0 Å². The van der Waals surface area contributed by atoms with E-state index in [0.717, 1.165) is 12.8 Å². The third-order valence-electron chi connectivity index (χ3n) is 3.86. The van der Waals surface area contributed by atoms with E-state index in [1.165, 1.54) is 27.1 Å². The number of fused-ring (bicyclic) bond motifs is 3. The molecule has 3 aromatic rings. The molecule has 0 saturated heterocycles. The van der Waals surface area contributed by atoms with Crippen LogP contribution in [0.2, 0.25) is 0 Å². The number of hydrogen-bond donors (Lipinski definition) is 1. The number of hydrogen-bond acceptors (Lipinski definition) is 1. The minimum absolute atomic E-state index is 0.240. The van der Waals surface area contributed by atoms with Crippen LogP contribution in [0.25, 0.3) is 21.5 Å². The fourth-order valence-corrected chi connectivity index (χ4v) is 2.73. The van der Waals surface area contributed by atoms with E-state index in [0.29, 0.717) is 0 Å². The molecule has 0 aliphatic carbocycles. The summed E-state index contributed by atoms with van der Waals surface area (Å²) < 4.78 is 0. The van der Waals surface area contributed by atoms with Crippen LogP contribution in [0.3, 0.4) is 0 Å². The largest absolute Gasteiger partial charge is 0.327 e. The first-order chi connectivity index (χ1) is 9.29. The molecule has 0 bridgehead atoms. The molecule has 3 rings (SSSR count). The monoisotopic (exact) mass is 249 g/mol. The predicted octanol–water partition coefficient (Wildman–Crippen LogP) is 4.27. The Bertz CT molecular complexity index is 715. The molecule has 0 amide bonds. The Morgan fingerprint density at radius 3 is 2.26 bits per heavy atom. The lowest BCUT2D eigenvalue weighted by atomic mass is 9.93. The maximum absolute atomic E-state index is 6.14. The van der Waals surface area contributed by atoms with Gasteiger partial charge in [0.05, 0.1) is 0 Å². The third kappa shape index (κ3) is 2.22. The van der Waals surface area contributed by atoms with Crippen LogP contribution in [0.1, 0.15) is 18.9 Å². The first-order valence-electron chi connectivity index (χ1n) is 6.94. The number of nitrogens with two attached hydrogens (primary N) is 1. The highest BCUT2D eigenvalue weighted by Crippen LogP contribution is 2.29. The zero-order valence-corrected chi connectivity index (χ0v) is 11.3. The van der Waals surface area contributed by atoms with Crippen LogP contribution in [-0.4, -0.2) is 6.04 Å². The van der Waals surface area contributed by atoms with Crippen molar-refractivity contribution >= 4 is 21.5 Å². The summed E-state index contributed by atoms with van der Waals surface area (Å²) in [7, 11) is 0. The molecule has 96 valence electrons. The van der Waals surface area contributed by atoms with Crippen molar-refractivity contribution in [3.8, 4) is 0 Å². The standard InChI is InChI=1S/C18H19N/c1-2-15(19)12-14-11-13-7-3-4-8-16(13)18-10-6-5-9-17(14)18/h3-11,15H,2,12,19H2,1H3. The minimum Gasteiger partial charge on any atom is -0.327 e. The first-order valence-corrected chi connectivity index (χ1v) is 6.94. The van der Waals surface area contributed by atoms with Crippen LogP contribution in [0.5, 0.6) is 0 Å². The Hall–Kier alpha value is -1.86. The molecule has 1 unspecified atom stereocenters. The smallest absolute Gasteiger partial charge is 0.00769 e. The molecule has 0 aliphatic heterocycles. The van der Waals surface area contributed by atoms with Gasteiger partial charge in [0, 0.05) is 6.04 Å². The van der Waals surface area contributed by atoms with E-state index in [2.05, 4.69) is 61.5 Å². The van der Waals surface area contributed by atoms with Crippen LogP contribution < -0.4 is 5.73 Å². The summed E-state index contributed by atoms with van der Waals surface area (Å²) in [6, 6.07) is 19.8. The Balaban J connectivity index is 2.29. The van der Waals surface area contributed by atoms with Gasteiger partial charge in [-0.3, -0.25) is 0 Å². The highest BCUT2D eigenvalue weighted by atomic mass is 14.6. The molecule has 0 radical (unpaired) electrons. The van der Waals surface area contributed by atoms with E-state index in [4.69, 9.17) is 5.73 Å². The topological polar surface area (TPSA) is 26.0 Å². The highest BCUT2D eigenvalue weighted by molar-refractivity contribution is 6.08. The molecule has 0 fully saturated rings. The fraction of sp³-hybridized carbons (Fsp3) is 0.222. The van der Waals surface area contributed by atoms with Gasteiger partial charge in [-0.2, -0.15) is 0 Å². The molecule has 2 N–H and O–H groups in total. The molecule has 1 atom stereocenters. The summed E-state index contributed by atoms with van der Waals surface area (Å²) in [4.78, 5) is 0. The average Bonchev–Trinajstić information content (AvgIpc) is 2.47. The van der Waals surface area contributed by atoms with Gasteiger partial charge >= 0.3 is 0 Å². The molecule has 1 nitrogen and oxygen atoms in total. The fourth-order valence-electron chi connectivity index (χ4n) is 2.73. The van der Waals surface area contributed by atoms with Gasteiger partial charge in [-0.1, -0.05) is 61.5 Å².